The Bertz CT molecular complexity index is 744. The number of ether oxygens (including phenoxy) is 2. The first-order valence-corrected chi connectivity index (χ1v) is 8.68. The smallest absolute Gasteiger partial charge is 0.170 e. The van der Waals surface area contributed by atoms with Crippen molar-refractivity contribution in [1.29, 1.82) is 0 Å². The lowest BCUT2D eigenvalue weighted by Crippen LogP contribution is -2.24. The molecule has 0 aromatic heterocycles. The predicted octanol–water partition coefficient (Wildman–Crippen LogP) is 3.20. The van der Waals surface area contributed by atoms with Crippen LogP contribution >= 0.6 is 24.4 Å². The van der Waals surface area contributed by atoms with Crippen molar-refractivity contribution >= 4 is 46.0 Å². The molecule has 0 amide bonds. The molecule has 6 nitrogen and oxygen atoms in total. The van der Waals surface area contributed by atoms with Crippen molar-refractivity contribution in [2.75, 3.05) is 38.9 Å². The van der Waals surface area contributed by atoms with Gasteiger partial charge in [-0.15, -0.1) is 0 Å². The molecule has 26 heavy (non-hydrogen) atoms. The summed E-state index contributed by atoms with van der Waals surface area (Å²) in [5.74, 6) is 1.38. The van der Waals surface area contributed by atoms with E-state index < -0.39 is 0 Å². The highest BCUT2D eigenvalue weighted by atomic mass is 32.1. The normalized spacial score (nSPS) is 9.85. The van der Waals surface area contributed by atoms with E-state index in [0.29, 0.717) is 21.7 Å². The molecule has 0 radical (unpaired) electrons. The van der Waals surface area contributed by atoms with Crippen LogP contribution in [-0.2, 0) is 0 Å². The van der Waals surface area contributed by atoms with Crippen LogP contribution in [0, 0.1) is 0 Å². The first-order chi connectivity index (χ1) is 12.5. The maximum atomic E-state index is 5.48. The standard InChI is InChI=1S/C18H22N4O2S2/c1-19-17(25)21-13-7-5-11(9-15(13)23-3)12-6-8-14(16(10-12)24-4)22-18(26)20-2/h5-10H,1-4H3,(H2,19,21,25)(H2,20,22,26). The zero-order valence-corrected chi connectivity index (χ0v) is 16.7. The predicted molar refractivity (Wildman–Crippen MR) is 116 cm³/mol. The summed E-state index contributed by atoms with van der Waals surface area (Å²) in [6.07, 6.45) is 0. The second-order valence-electron chi connectivity index (χ2n) is 5.24. The fourth-order valence-electron chi connectivity index (χ4n) is 2.32. The molecule has 2 aromatic carbocycles. The average Bonchev–Trinajstić information content (AvgIpc) is 2.68. The third kappa shape index (κ3) is 4.74. The van der Waals surface area contributed by atoms with E-state index in [9.17, 15) is 0 Å². The van der Waals surface area contributed by atoms with Gasteiger partial charge in [0.05, 0.1) is 25.6 Å². The van der Waals surface area contributed by atoms with Crippen molar-refractivity contribution in [3.8, 4) is 22.6 Å². The van der Waals surface area contributed by atoms with Gasteiger partial charge in [-0.05, 0) is 59.8 Å². The first kappa shape index (κ1) is 19.7. The van der Waals surface area contributed by atoms with Gasteiger partial charge in [-0.3, -0.25) is 0 Å². The van der Waals surface area contributed by atoms with E-state index in [1.165, 1.54) is 0 Å². The molecule has 2 rings (SSSR count). The molecule has 0 saturated carbocycles. The summed E-state index contributed by atoms with van der Waals surface area (Å²) < 4.78 is 11.0. The number of anilines is 2. The lowest BCUT2D eigenvalue weighted by molar-refractivity contribution is 0.416. The summed E-state index contributed by atoms with van der Waals surface area (Å²) in [5.41, 5.74) is 3.56. The van der Waals surface area contributed by atoms with Crippen LogP contribution in [0.3, 0.4) is 0 Å². The Morgan fingerprint density at radius 3 is 1.42 bits per heavy atom. The highest BCUT2D eigenvalue weighted by Gasteiger charge is 2.10. The zero-order valence-electron chi connectivity index (χ0n) is 15.1. The van der Waals surface area contributed by atoms with Gasteiger partial charge < -0.3 is 30.7 Å². The van der Waals surface area contributed by atoms with E-state index >= 15 is 0 Å². The van der Waals surface area contributed by atoms with E-state index in [1.807, 2.05) is 36.4 Å². The second-order valence-corrected chi connectivity index (χ2v) is 6.05. The van der Waals surface area contributed by atoms with Gasteiger partial charge in [0.25, 0.3) is 0 Å². The maximum Gasteiger partial charge on any atom is 0.170 e. The third-order valence-corrected chi connectivity index (χ3v) is 4.30. The molecule has 0 bridgehead atoms. The molecule has 0 unspecified atom stereocenters. The molecule has 0 saturated heterocycles. The Hall–Kier alpha value is -2.58. The summed E-state index contributed by atoms with van der Waals surface area (Å²) in [6, 6.07) is 11.7. The molecule has 0 spiro atoms. The SMILES string of the molecule is CNC(=S)Nc1ccc(-c2ccc(NC(=S)NC)c(OC)c2)cc1OC. The van der Waals surface area contributed by atoms with Crippen LogP contribution in [0.2, 0.25) is 0 Å². The second kappa shape index (κ2) is 9.21. The fourth-order valence-corrected chi connectivity index (χ4v) is 2.54. The fraction of sp³-hybridized carbons (Fsp3) is 0.222. The highest BCUT2D eigenvalue weighted by Crippen LogP contribution is 2.34. The van der Waals surface area contributed by atoms with Gasteiger partial charge in [0.2, 0.25) is 0 Å². The van der Waals surface area contributed by atoms with Crippen LogP contribution in [0.5, 0.6) is 11.5 Å². The first-order valence-electron chi connectivity index (χ1n) is 7.86. The van der Waals surface area contributed by atoms with Crippen LogP contribution in [0.15, 0.2) is 36.4 Å². The molecule has 0 aliphatic heterocycles. The van der Waals surface area contributed by atoms with E-state index in [-0.39, 0.29) is 0 Å². The topological polar surface area (TPSA) is 66.6 Å². The molecule has 0 aliphatic carbocycles. The Morgan fingerprint density at radius 1 is 0.731 bits per heavy atom. The number of benzene rings is 2. The average molecular weight is 391 g/mol. The van der Waals surface area contributed by atoms with Crippen molar-refractivity contribution in [3.05, 3.63) is 36.4 Å². The maximum absolute atomic E-state index is 5.48. The van der Waals surface area contributed by atoms with E-state index in [4.69, 9.17) is 33.9 Å². The van der Waals surface area contributed by atoms with Crippen LogP contribution in [0.25, 0.3) is 11.1 Å². The van der Waals surface area contributed by atoms with Crippen molar-refractivity contribution < 1.29 is 9.47 Å². The third-order valence-electron chi connectivity index (χ3n) is 3.69. The van der Waals surface area contributed by atoms with Crippen molar-refractivity contribution in [2.45, 2.75) is 0 Å². The summed E-state index contributed by atoms with van der Waals surface area (Å²) in [6.45, 7) is 0. The van der Waals surface area contributed by atoms with E-state index in [0.717, 1.165) is 22.5 Å². The zero-order chi connectivity index (χ0) is 19.1. The number of thiocarbonyl (C=S) groups is 2. The Kier molecular flexibility index (Phi) is 6.99. The quantitative estimate of drug-likeness (QED) is 0.581. The summed E-state index contributed by atoms with van der Waals surface area (Å²) in [5, 5.41) is 13.0. The number of hydrogen-bond acceptors (Lipinski definition) is 4. The van der Waals surface area contributed by atoms with Crippen LogP contribution in [-0.4, -0.2) is 38.5 Å². The Morgan fingerprint density at radius 2 is 1.12 bits per heavy atom. The largest absolute Gasteiger partial charge is 0.495 e. The van der Waals surface area contributed by atoms with Gasteiger partial charge >= 0.3 is 0 Å². The van der Waals surface area contributed by atoms with Crippen molar-refractivity contribution in [3.63, 3.8) is 0 Å². The number of nitrogens with one attached hydrogen (secondary N) is 4. The molecule has 4 N–H and O–H groups in total. The summed E-state index contributed by atoms with van der Waals surface area (Å²) in [4.78, 5) is 0. The number of hydrogen-bond donors (Lipinski definition) is 4. The molecule has 0 fully saturated rings. The molecule has 0 atom stereocenters. The molecular weight excluding hydrogens is 368 g/mol. The molecule has 0 heterocycles. The van der Waals surface area contributed by atoms with Gasteiger partial charge in [0, 0.05) is 14.1 Å². The van der Waals surface area contributed by atoms with Gasteiger partial charge in [-0.1, -0.05) is 12.1 Å². The van der Waals surface area contributed by atoms with Crippen LogP contribution < -0.4 is 30.7 Å². The molecule has 8 heteroatoms. The Labute approximate surface area is 164 Å². The van der Waals surface area contributed by atoms with Gasteiger partial charge in [0.15, 0.2) is 10.2 Å². The molecule has 0 aliphatic rings. The van der Waals surface area contributed by atoms with Crippen LogP contribution in [0.1, 0.15) is 0 Å². The summed E-state index contributed by atoms with van der Waals surface area (Å²) >= 11 is 10.3. The minimum absolute atomic E-state index is 0.522. The van der Waals surface area contributed by atoms with Crippen molar-refractivity contribution in [1.82, 2.24) is 10.6 Å². The molecule has 138 valence electrons. The van der Waals surface area contributed by atoms with E-state index in [2.05, 4.69) is 21.3 Å². The van der Waals surface area contributed by atoms with Crippen LogP contribution in [0.4, 0.5) is 11.4 Å². The minimum Gasteiger partial charge on any atom is -0.495 e. The number of rotatable bonds is 5. The molecule has 2 aromatic rings. The molecular formula is C18H22N4O2S2. The lowest BCUT2D eigenvalue weighted by Gasteiger charge is -2.15. The highest BCUT2D eigenvalue weighted by molar-refractivity contribution is 7.80. The monoisotopic (exact) mass is 390 g/mol. The minimum atomic E-state index is 0.522. The Balaban J connectivity index is 2.35. The summed E-state index contributed by atoms with van der Waals surface area (Å²) in [7, 11) is 6.77. The van der Waals surface area contributed by atoms with Gasteiger partial charge in [-0.2, -0.15) is 0 Å². The van der Waals surface area contributed by atoms with E-state index in [1.54, 1.807) is 28.3 Å². The lowest BCUT2D eigenvalue weighted by atomic mass is 10.0. The number of methoxy groups -OCH3 is 2. The van der Waals surface area contributed by atoms with Crippen molar-refractivity contribution in [2.24, 2.45) is 0 Å². The van der Waals surface area contributed by atoms with Gasteiger partial charge in [-0.25, -0.2) is 0 Å². The van der Waals surface area contributed by atoms with Gasteiger partial charge in [0.1, 0.15) is 11.5 Å².